The monoisotopic (exact) mass is 684 g/mol. The zero-order valence-corrected chi connectivity index (χ0v) is 27.5. The molecule has 15 heteroatoms. The van der Waals surface area contributed by atoms with Gasteiger partial charge in [-0.15, -0.1) is 0 Å². The highest BCUT2D eigenvalue weighted by Crippen LogP contribution is 2.44. The number of hydrogen-bond donors (Lipinski definition) is 2. The van der Waals surface area contributed by atoms with Crippen LogP contribution in [-0.2, 0) is 14.8 Å². The molecule has 0 unspecified atom stereocenters. The molecule has 3 aromatic heterocycles. The Hall–Kier alpha value is -3.49. The fraction of sp³-hybridized carbons (Fsp3) is 0.419. The summed E-state index contributed by atoms with van der Waals surface area (Å²) in [7, 11) is -3.39. The van der Waals surface area contributed by atoms with Crippen LogP contribution in [0.15, 0.2) is 48.9 Å². The van der Waals surface area contributed by atoms with E-state index in [4.69, 9.17) is 38.7 Å². The fourth-order valence-electron chi connectivity index (χ4n) is 6.82. The van der Waals surface area contributed by atoms with E-state index in [1.165, 1.54) is 0 Å². The van der Waals surface area contributed by atoms with Crippen molar-refractivity contribution in [3.05, 3.63) is 64.5 Å². The number of carbonyl (C=O) groups excluding carboxylic acids is 1. The Morgan fingerprint density at radius 3 is 2.46 bits per heavy atom. The highest BCUT2D eigenvalue weighted by molar-refractivity contribution is 7.89. The molecule has 0 aliphatic carbocycles. The summed E-state index contributed by atoms with van der Waals surface area (Å²) < 4.78 is 34.3. The van der Waals surface area contributed by atoms with E-state index in [2.05, 4.69) is 20.1 Å². The quantitative estimate of drug-likeness (QED) is 0.282. The highest BCUT2D eigenvalue weighted by Gasteiger charge is 2.56. The number of amides is 1. The molecule has 0 radical (unpaired) electrons. The van der Waals surface area contributed by atoms with Crippen molar-refractivity contribution in [1.29, 1.82) is 0 Å². The molecule has 3 aliphatic rings. The first-order valence-electron chi connectivity index (χ1n) is 15.2. The summed E-state index contributed by atoms with van der Waals surface area (Å²) in [5, 5.41) is 8.96. The molecular formula is C31H34Cl2N8O4S. The molecule has 6 heterocycles. The predicted octanol–water partition coefficient (Wildman–Crippen LogP) is 3.87. The predicted molar refractivity (Wildman–Crippen MR) is 176 cm³/mol. The number of benzene rings is 1. The van der Waals surface area contributed by atoms with Gasteiger partial charge in [-0.3, -0.25) is 14.9 Å². The number of ether oxygens (including phenoxy) is 1. The van der Waals surface area contributed by atoms with E-state index in [0.29, 0.717) is 60.4 Å². The number of aromatic nitrogens is 4. The van der Waals surface area contributed by atoms with Crippen molar-refractivity contribution < 1.29 is 17.9 Å². The van der Waals surface area contributed by atoms with Crippen molar-refractivity contribution in [2.45, 2.75) is 31.1 Å². The number of sulfonamides is 1. The number of rotatable bonds is 8. The van der Waals surface area contributed by atoms with Crippen LogP contribution in [0.2, 0.25) is 10.0 Å². The van der Waals surface area contributed by atoms with Crippen LogP contribution in [0.1, 0.15) is 31.4 Å². The SMILES string of the molecule is C[C@@H](Oc1ccc2[nH]nc(-c3ccc(N4CC5(C4)CN(S(=O)(=O)C4CCN(C(=O)CN)CC4)C5)nc3)c2c1)c1c(Cl)cncc1Cl. The Labute approximate surface area is 276 Å². The highest BCUT2D eigenvalue weighted by atomic mass is 35.5. The molecule has 4 aromatic rings. The summed E-state index contributed by atoms with van der Waals surface area (Å²) in [6, 6.07) is 9.68. The molecule has 0 bridgehead atoms. The number of nitrogens with zero attached hydrogens (tertiary/aromatic N) is 6. The van der Waals surface area contributed by atoms with Crippen LogP contribution in [0.3, 0.4) is 0 Å². The van der Waals surface area contributed by atoms with Gasteiger partial charge in [0.15, 0.2) is 0 Å². The summed E-state index contributed by atoms with van der Waals surface area (Å²) in [6.07, 6.45) is 5.41. The van der Waals surface area contributed by atoms with Gasteiger partial charge in [-0.05, 0) is 50.1 Å². The lowest BCUT2D eigenvalue weighted by atomic mass is 9.74. The maximum atomic E-state index is 13.2. The Morgan fingerprint density at radius 1 is 1.09 bits per heavy atom. The first-order valence-corrected chi connectivity index (χ1v) is 17.4. The lowest BCUT2D eigenvalue weighted by molar-refractivity contribution is -0.130. The normalized spacial score (nSPS) is 19.2. The number of likely N-dealkylation sites (tertiary alicyclic amines) is 1. The van der Waals surface area contributed by atoms with Gasteiger partial charge >= 0.3 is 0 Å². The van der Waals surface area contributed by atoms with Crippen molar-refractivity contribution in [2.24, 2.45) is 11.1 Å². The Bertz CT molecular complexity index is 1860. The first kappa shape index (κ1) is 31.1. The molecule has 7 rings (SSSR count). The van der Waals surface area contributed by atoms with Gasteiger partial charge in [-0.25, -0.2) is 17.7 Å². The van der Waals surface area contributed by atoms with Crippen LogP contribution >= 0.6 is 23.2 Å². The van der Waals surface area contributed by atoms with E-state index in [9.17, 15) is 13.2 Å². The zero-order valence-electron chi connectivity index (χ0n) is 25.2. The maximum Gasteiger partial charge on any atom is 0.236 e. The Kier molecular flexibility index (Phi) is 8.08. The molecule has 1 aromatic carbocycles. The van der Waals surface area contributed by atoms with Crippen molar-refractivity contribution >= 4 is 55.9 Å². The number of nitrogens with two attached hydrogens (primary N) is 1. The van der Waals surface area contributed by atoms with E-state index >= 15 is 0 Å². The number of anilines is 1. The van der Waals surface area contributed by atoms with Gasteiger partial charge in [0.25, 0.3) is 0 Å². The summed E-state index contributed by atoms with van der Waals surface area (Å²) in [6.45, 7) is 5.27. The third kappa shape index (κ3) is 5.57. The number of pyridine rings is 2. The minimum Gasteiger partial charge on any atom is -0.486 e. The van der Waals surface area contributed by atoms with Gasteiger partial charge in [0.2, 0.25) is 15.9 Å². The van der Waals surface area contributed by atoms with Crippen molar-refractivity contribution in [3.63, 3.8) is 0 Å². The second-order valence-electron chi connectivity index (χ2n) is 12.4. The fourth-order valence-corrected chi connectivity index (χ4v) is 9.63. The summed E-state index contributed by atoms with van der Waals surface area (Å²) in [5.74, 6) is 1.36. The summed E-state index contributed by atoms with van der Waals surface area (Å²) in [5.41, 5.74) is 8.56. The second-order valence-corrected chi connectivity index (χ2v) is 15.4. The smallest absolute Gasteiger partial charge is 0.236 e. The number of aromatic amines is 1. The molecule has 3 fully saturated rings. The largest absolute Gasteiger partial charge is 0.486 e. The topological polar surface area (TPSA) is 151 Å². The number of carbonyl (C=O) groups is 1. The number of fused-ring (bicyclic) bond motifs is 1. The minimum atomic E-state index is -3.39. The van der Waals surface area contributed by atoms with E-state index in [0.717, 1.165) is 41.1 Å². The van der Waals surface area contributed by atoms with Gasteiger partial charge < -0.3 is 20.3 Å². The lowest BCUT2D eigenvalue weighted by Gasteiger charge is -2.60. The molecule has 3 aliphatic heterocycles. The van der Waals surface area contributed by atoms with E-state index in [1.54, 1.807) is 21.6 Å². The van der Waals surface area contributed by atoms with Gasteiger partial charge in [-0.1, -0.05) is 23.2 Å². The maximum absolute atomic E-state index is 13.2. The van der Waals surface area contributed by atoms with Crippen LogP contribution in [-0.4, -0.2) is 94.8 Å². The molecule has 3 saturated heterocycles. The van der Waals surface area contributed by atoms with E-state index < -0.39 is 21.4 Å². The number of nitrogens with one attached hydrogen (secondary N) is 1. The molecule has 3 N–H and O–H groups in total. The number of halogens is 2. The molecule has 1 amide bonds. The molecule has 46 heavy (non-hydrogen) atoms. The van der Waals surface area contributed by atoms with Crippen LogP contribution < -0.4 is 15.4 Å². The summed E-state index contributed by atoms with van der Waals surface area (Å²) >= 11 is 12.7. The molecule has 1 atom stereocenters. The first-order chi connectivity index (χ1) is 22.1. The van der Waals surface area contributed by atoms with Gasteiger partial charge in [-0.2, -0.15) is 5.10 Å². The van der Waals surface area contributed by atoms with Gasteiger partial charge in [0, 0.05) is 79.8 Å². The van der Waals surface area contributed by atoms with Gasteiger partial charge in [0.05, 0.1) is 27.4 Å². The molecule has 0 saturated carbocycles. The average molecular weight is 686 g/mol. The van der Waals surface area contributed by atoms with Crippen molar-refractivity contribution in [2.75, 3.05) is 50.7 Å². The molecule has 12 nitrogen and oxygen atoms in total. The third-order valence-electron chi connectivity index (χ3n) is 9.32. The molecule has 1 spiro atoms. The summed E-state index contributed by atoms with van der Waals surface area (Å²) in [4.78, 5) is 24.4. The number of H-pyrrole nitrogens is 1. The van der Waals surface area contributed by atoms with Gasteiger partial charge in [0.1, 0.15) is 23.4 Å². The minimum absolute atomic E-state index is 0.0414. The Balaban J connectivity index is 0.969. The lowest BCUT2D eigenvalue weighted by Crippen LogP contribution is -2.73. The zero-order chi connectivity index (χ0) is 32.2. The number of hydrogen-bond acceptors (Lipinski definition) is 9. The van der Waals surface area contributed by atoms with Crippen LogP contribution in [0.25, 0.3) is 22.2 Å². The van der Waals surface area contributed by atoms with E-state index in [1.807, 2.05) is 43.5 Å². The standard InChI is InChI=1S/C31H34Cl2N8O4S/c1-19(29-24(32)13-35-14-25(29)33)45-21-3-4-26-23(10-21)30(38-37-26)20-2-5-27(36-12-20)40-15-31(16-40)17-41(18-31)46(43,44)22-6-8-39(9-7-22)28(42)11-34/h2-5,10,12-14,19,22H,6-9,11,15-18,34H2,1H3,(H,37,38)/t19-/m1/s1. The average Bonchev–Trinajstić information content (AvgIpc) is 3.43. The van der Waals surface area contributed by atoms with Crippen molar-refractivity contribution in [3.8, 4) is 17.0 Å². The second kappa shape index (κ2) is 11.9. The van der Waals surface area contributed by atoms with Crippen LogP contribution in [0.5, 0.6) is 5.75 Å². The third-order valence-corrected chi connectivity index (χ3v) is 12.2. The van der Waals surface area contributed by atoms with Crippen LogP contribution in [0.4, 0.5) is 5.82 Å². The van der Waals surface area contributed by atoms with E-state index in [-0.39, 0.29) is 17.9 Å². The number of piperidine rings is 1. The molecular weight excluding hydrogens is 651 g/mol. The molecule has 242 valence electrons. The Morgan fingerprint density at radius 2 is 1.80 bits per heavy atom. The van der Waals surface area contributed by atoms with Crippen LogP contribution in [0, 0.1) is 5.41 Å². The van der Waals surface area contributed by atoms with Crippen molar-refractivity contribution in [1.82, 2.24) is 29.4 Å².